The van der Waals surface area contributed by atoms with Gasteiger partial charge in [0, 0.05) is 36.3 Å². The number of rotatable bonds is 12. The van der Waals surface area contributed by atoms with Crippen molar-refractivity contribution < 1.29 is 23.8 Å². The first-order chi connectivity index (χ1) is 17.4. The standard InChI is InChI=1S/C25H29ClN4O5S/c1-33-13-12-30(25(32)28-19-7-5-18(26)6-8-19)15-23-29-20(16-36-23)24(31)27-11-10-17-4-9-21(34-2)22(14-17)35-3/h4-9,14,16H,10-13,15H2,1-3H3,(H,27,31)(H,28,32). The van der Waals surface area contributed by atoms with Gasteiger partial charge in [-0.05, 0) is 48.4 Å². The third kappa shape index (κ3) is 7.84. The molecular weight excluding hydrogens is 504 g/mol. The van der Waals surface area contributed by atoms with Gasteiger partial charge in [-0.1, -0.05) is 17.7 Å². The van der Waals surface area contributed by atoms with Crippen molar-refractivity contribution in [3.63, 3.8) is 0 Å². The highest BCUT2D eigenvalue weighted by Crippen LogP contribution is 2.27. The number of benzene rings is 2. The highest BCUT2D eigenvalue weighted by molar-refractivity contribution is 7.09. The number of methoxy groups -OCH3 is 3. The average Bonchev–Trinajstić information content (AvgIpc) is 3.36. The Balaban J connectivity index is 1.55. The van der Waals surface area contributed by atoms with Gasteiger partial charge >= 0.3 is 6.03 Å². The predicted molar refractivity (Wildman–Crippen MR) is 140 cm³/mol. The molecule has 0 bridgehead atoms. The van der Waals surface area contributed by atoms with Crippen LogP contribution in [0.2, 0.25) is 5.02 Å². The van der Waals surface area contributed by atoms with Gasteiger partial charge in [-0.3, -0.25) is 4.79 Å². The van der Waals surface area contributed by atoms with E-state index in [2.05, 4.69) is 15.6 Å². The molecule has 0 saturated heterocycles. The Morgan fingerprint density at radius 3 is 2.50 bits per heavy atom. The lowest BCUT2D eigenvalue weighted by molar-refractivity contribution is 0.0949. The summed E-state index contributed by atoms with van der Waals surface area (Å²) in [5.41, 5.74) is 1.94. The average molecular weight is 533 g/mol. The zero-order valence-corrected chi connectivity index (χ0v) is 21.9. The Bertz CT molecular complexity index is 1160. The van der Waals surface area contributed by atoms with Crippen LogP contribution >= 0.6 is 22.9 Å². The fraction of sp³-hybridized carbons (Fsp3) is 0.320. The lowest BCUT2D eigenvalue weighted by Gasteiger charge is -2.21. The first kappa shape index (κ1) is 27.3. The maximum Gasteiger partial charge on any atom is 0.322 e. The van der Waals surface area contributed by atoms with Crippen LogP contribution in [-0.2, 0) is 17.7 Å². The number of amides is 3. The molecule has 0 aliphatic rings. The van der Waals surface area contributed by atoms with Crippen LogP contribution in [0.3, 0.4) is 0 Å². The van der Waals surface area contributed by atoms with Gasteiger partial charge in [0.15, 0.2) is 11.5 Å². The quantitative estimate of drug-likeness (QED) is 0.357. The monoisotopic (exact) mass is 532 g/mol. The molecule has 0 fully saturated rings. The second-order valence-corrected chi connectivity index (χ2v) is 9.05. The van der Waals surface area contributed by atoms with Crippen molar-refractivity contribution >= 4 is 40.6 Å². The summed E-state index contributed by atoms with van der Waals surface area (Å²) in [4.78, 5) is 31.4. The number of ether oxygens (including phenoxy) is 3. The molecule has 2 aromatic carbocycles. The number of halogens is 1. The summed E-state index contributed by atoms with van der Waals surface area (Å²) in [7, 11) is 4.74. The second kappa shape index (κ2) is 13.7. The Morgan fingerprint density at radius 2 is 1.81 bits per heavy atom. The van der Waals surface area contributed by atoms with Crippen LogP contribution in [0.25, 0.3) is 0 Å². The maximum absolute atomic E-state index is 12.8. The Kier molecular flexibility index (Phi) is 10.3. The van der Waals surface area contributed by atoms with E-state index in [9.17, 15) is 9.59 Å². The highest BCUT2D eigenvalue weighted by atomic mass is 35.5. The minimum absolute atomic E-state index is 0.242. The van der Waals surface area contributed by atoms with Gasteiger partial charge in [0.05, 0.1) is 27.4 Å². The molecule has 0 radical (unpaired) electrons. The van der Waals surface area contributed by atoms with Crippen molar-refractivity contribution in [2.24, 2.45) is 0 Å². The summed E-state index contributed by atoms with van der Waals surface area (Å²) in [6, 6.07) is 12.2. The molecule has 11 heteroatoms. The summed E-state index contributed by atoms with van der Waals surface area (Å²) in [6.45, 7) is 1.41. The number of hydrogen-bond donors (Lipinski definition) is 2. The van der Waals surface area contributed by atoms with Crippen molar-refractivity contribution in [2.75, 3.05) is 46.3 Å². The van der Waals surface area contributed by atoms with Crippen LogP contribution in [-0.4, -0.2) is 62.8 Å². The summed E-state index contributed by atoms with van der Waals surface area (Å²) in [5.74, 6) is 1.03. The number of thiazole rings is 1. The minimum Gasteiger partial charge on any atom is -0.493 e. The Labute approximate surface area is 219 Å². The number of carbonyl (C=O) groups excluding carboxylic acids is 2. The Morgan fingerprint density at radius 1 is 1.06 bits per heavy atom. The highest BCUT2D eigenvalue weighted by Gasteiger charge is 2.18. The van der Waals surface area contributed by atoms with Crippen LogP contribution in [0.4, 0.5) is 10.5 Å². The largest absolute Gasteiger partial charge is 0.493 e. The van der Waals surface area contributed by atoms with Gasteiger partial charge in [-0.15, -0.1) is 11.3 Å². The van der Waals surface area contributed by atoms with Crippen molar-refractivity contribution in [3.05, 3.63) is 69.1 Å². The molecule has 0 atom stereocenters. The van der Waals surface area contributed by atoms with Crippen LogP contribution < -0.4 is 20.1 Å². The molecule has 0 unspecified atom stereocenters. The SMILES string of the molecule is COCCN(Cc1nc(C(=O)NCCc2ccc(OC)c(OC)c2)cs1)C(=O)Nc1ccc(Cl)cc1. The van der Waals surface area contributed by atoms with E-state index in [0.29, 0.717) is 59.0 Å². The van der Waals surface area contributed by atoms with E-state index >= 15 is 0 Å². The van der Waals surface area contributed by atoms with Gasteiger partial charge in [-0.25, -0.2) is 9.78 Å². The van der Waals surface area contributed by atoms with Crippen molar-refractivity contribution in [2.45, 2.75) is 13.0 Å². The van der Waals surface area contributed by atoms with Gasteiger partial charge in [-0.2, -0.15) is 0 Å². The van der Waals surface area contributed by atoms with E-state index in [1.165, 1.54) is 11.3 Å². The van der Waals surface area contributed by atoms with Gasteiger partial charge in [0.2, 0.25) is 0 Å². The number of carbonyl (C=O) groups is 2. The first-order valence-corrected chi connectivity index (χ1v) is 12.4. The third-order valence-corrected chi connectivity index (χ3v) is 6.29. The van der Waals surface area contributed by atoms with Crippen molar-refractivity contribution in [1.29, 1.82) is 0 Å². The van der Waals surface area contributed by atoms with E-state index in [0.717, 1.165) is 5.56 Å². The van der Waals surface area contributed by atoms with Crippen LogP contribution in [0.1, 0.15) is 21.1 Å². The van der Waals surface area contributed by atoms with E-state index in [1.807, 2.05) is 18.2 Å². The molecule has 1 heterocycles. The fourth-order valence-corrected chi connectivity index (χ4v) is 4.20. The van der Waals surface area contributed by atoms with Crippen molar-refractivity contribution in [1.82, 2.24) is 15.2 Å². The lowest BCUT2D eigenvalue weighted by atomic mass is 10.1. The number of nitrogens with one attached hydrogen (secondary N) is 2. The summed E-state index contributed by atoms with van der Waals surface area (Å²) in [5, 5.41) is 8.64. The molecule has 1 aromatic heterocycles. The van der Waals surface area contributed by atoms with E-state index < -0.39 is 0 Å². The first-order valence-electron chi connectivity index (χ1n) is 11.2. The minimum atomic E-state index is -0.300. The maximum atomic E-state index is 12.8. The van der Waals surface area contributed by atoms with E-state index in [-0.39, 0.29) is 18.5 Å². The number of nitrogens with zero attached hydrogens (tertiary/aromatic N) is 2. The molecule has 0 aliphatic heterocycles. The number of aromatic nitrogens is 1. The van der Waals surface area contributed by atoms with Crippen LogP contribution in [0.15, 0.2) is 47.8 Å². The number of hydrogen-bond acceptors (Lipinski definition) is 7. The molecule has 0 saturated carbocycles. The summed E-state index contributed by atoms with van der Waals surface area (Å²) >= 11 is 7.23. The molecule has 0 spiro atoms. The van der Waals surface area contributed by atoms with Gasteiger partial charge in [0.1, 0.15) is 10.7 Å². The van der Waals surface area contributed by atoms with E-state index in [4.69, 9.17) is 25.8 Å². The zero-order chi connectivity index (χ0) is 25.9. The molecule has 0 aliphatic carbocycles. The number of urea groups is 1. The normalized spacial score (nSPS) is 10.6. The van der Waals surface area contributed by atoms with Gasteiger partial charge < -0.3 is 29.7 Å². The van der Waals surface area contributed by atoms with Crippen molar-refractivity contribution in [3.8, 4) is 11.5 Å². The lowest BCUT2D eigenvalue weighted by Crippen LogP contribution is -2.36. The molecule has 9 nitrogen and oxygen atoms in total. The molecule has 36 heavy (non-hydrogen) atoms. The van der Waals surface area contributed by atoms with Crippen LogP contribution in [0.5, 0.6) is 11.5 Å². The summed E-state index contributed by atoms with van der Waals surface area (Å²) < 4.78 is 15.7. The van der Waals surface area contributed by atoms with E-state index in [1.54, 1.807) is 55.9 Å². The van der Waals surface area contributed by atoms with Gasteiger partial charge in [0.25, 0.3) is 5.91 Å². The predicted octanol–water partition coefficient (Wildman–Crippen LogP) is 4.47. The topological polar surface area (TPSA) is 102 Å². The zero-order valence-electron chi connectivity index (χ0n) is 20.4. The summed E-state index contributed by atoms with van der Waals surface area (Å²) in [6.07, 6.45) is 0.624. The molecule has 3 aromatic rings. The smallest absolute Gasteiger partial charge is 0.322 e. The second-order valence-electron chi connectivity index (χ2n) is 7.67. The molecule has 192 valence electrons. The molecule has 3 rings (SSSR count). The molecular formula is C25H29ClN4O5S. The van der Waals surface area contributed by atoms with Crippen LogP contribution in [0, 0.1) is 0 Å². The number of anilines is 1. The molecule has 3 amide bonds. The third-order valence-electron chi connectivity index (χ3n) is 5.21. The molecule has 2 N–H and O–H groups in total. The Hall–Kier alpha value is -3.34. The fourth-order valence-electron chi connectivity index (χ4n) is 3.29.